The number of hydrogen-bond donors (Lipinski definition) is 0. The minimum atomic E-state index is -3.67. The Morgan fingerprint density at radius 1 is 1.15 bits per heavy atom. The molecule has 2 heterocycles. The van der Waals surface area contributed by atoms with Crippen LogP contribution >= 0.6 is 0 Å². The first kappa shape index (κ1) is 23.7. The fraction of sp³-hybridized carbons (Fsp3) is 0.320. The van der Waals surface area contributed by atoms with Crippen LogP contribution in [0.1, 0.15) is 29.8 Å². The average Bonchev–Trinajstić information content (AvgIpc) is 3.21. The van der Waals surface area contributed by atoms with Crippen molar-refractivity contribution in [2.24, 2.45) is 13.0 Å². The summed E-state index contributed by atoms with van der Waals surface area (Å²) in [4.78, 5) is 16.7. The number of carbonyl (C=O) groups excluding carboxylic acids is 1. The lowest BCUT2D eigenvalue weighted by atomic mass is 9.98. The van der Waals surface area contributed by atoms with Crippen LogP contribution in [-0.4, -0.2) is 41.3 Å². The number of benzene rings is 2. The van der Waals surface area contributed by atoms with Gasteiger partial charge in [0, 0.05) is 26.3 Å². The minimum Gasteiger partial charge on any atom is -0.461 e. The SMILES string of the molecule is Cc1nc(S(=O)(=O)N2CCC(C(=O)OCc3ccc(-c4ccccc4C#N)cc3)CC2)cn1C. The summed E-state index contributed by atoms with van der Waals surface area (Å²) in [5.41, 5.74) is 3.23. The van der Waals surface area contributed by atoms with Gasteiger partial charge in [-0.25, -0.2) is 13.4 Å². The van der Waals surface area contributed by atoms with E-state index in [-0.39, 0.29) is 36.6 Å². The summed E-state index contributed by atoms with van der Waals surface area (Å²) in [5, 5.41) is 9.32. The molecule has 0 N–H and O–H groups in total. The lowest BCUT2D eigenvalue weighted by molar-refractivity contribution is -0.151. The summed E-state index contributed by atoms with van der Waals surface area (Å²) in [7, 11) is -1.92. The predicted molar refractivity (Wildman–Crippen MR) is 126 cm³/mol. The van der Waals surface area contributed by atoms with Gasteiger partial charge in [0.2, 0.25) is 0 Å². The van der Waals surface area contributed by atoms with E-state index >= 15 is 0 Å². The largest absolute Gasteiger partial charge is 0.461 e. The molecule has 34 heavy (non-hydrogen) atoms. The van der Waals surface area contributed by atoms with Crippen molar-refractivity contribution in [1.29, 1.82) is 5.26 Å². The summed E-state index contributed by atoms with van der Waals surface area (Å²) in [6.45, 7) is 2.40. The van der Waals surface area contributed by atoms with Gasteiger partial charge in [-0.1, -0.05) is 42.5 Å². The monoisotopic (exact) mass is 478 g/mol. The zero-order valence-electron chi connectivity index (χ0n) is 19.1. The molecule has 176 valence electrons. The van der Waals surface area contributed by atoms with Gasteiger partial charge in [0.1, 0.15) is 12.4 Å². The second-order valence-electron chi connectivity index (χ2n) is 8.38. The molecule has 1 aromatic heterocycles. The molecule has 0 spiro atoms. The van der Waals surface area contributed by atoms with Crippen LogP contribution in [0.25, 0.3) is 11.1 Å². The van der Waals surface area contributed by atoms with Gasteiger partial charge in [-0.3, -0.25) is 4.79 Å². The molecule has 0 bridgehead atoms. The smallest absolute Gasteiger partial charge is 0.309 e. The maximum Gasteiger partial charge on any atom is 0.309 e. The molecular formula is C25H26N4O4S. The van der Waals surface area contributed by atoms with Crippen molar-refractivity contribution in [2.45, 2.75) is 31.4 Å². The highest BCUT2D eigenvalue weighted by Gasteiger charge is 2.34. The van der Waals surface area contributed by atoms with Gasteiger partial charge in [0.05, 0.1) is 17.6 Å². The Morgan fingerprint density at radius 3 is 2.44 bits per heavy atom. The number of piperidine rings is 1. The Hall–Kier alpha value is -3.48. The molecule has 0 atom stereocenters. The Morgan fingerprint density at radius 2 is 1.82 bits per heavy atom. The summed E-state index contributed by atoms with van der Waals surface area (Å²) in [6, 6.07) is 17.1. The molecule has 1 fully saturated rings. The van der Waals surface area contributed by atoms with Crippen molar-refractivity contribution < 1.29 is 17.9 Å². The van der Waals surface area contributed by atoms with Gasteiger partial charge < -0.3 is 9.30 Å². The predicted octanol–water partition coefficient (Wildman–Crippen LogP) is 3.41. The van der Waals surface area contributed by atoms with E-state index in [1.54, 1.807) is 24.6 Å². The summed E-state index contributed by atoms with van der Waals surface area (Å²) < 4.78 is 34.2. The Balaban J connectivity index is 1.31. The van der Waals surface area contributed by atoms with Crippen LogP contribution in [0.5, 0.6) is 0 Å². The normalized spacial score (nSPS) is 15.1. The molecule has 1 saturated heterocycles. The van der Waals surface area contributed by atoms with Gasteiger partial charge in [-0.05, 0) is 42.5 Å². The standard InChI is InChI=1S/C25H26N4O4S/c1-18-27-24(16-28(18)2)34(31,32)29-13-11-21(12-14-29)25(30)33-17-19-7-9-20(10-8-19)23-6-4-3-5-22(23)15-26/h3-10,16,21H,11-14,17H2,1-2H3. The van der Waals surface area contributed by atoms with E-state index < -0.39 is 10.0 Å². The van der Waals surface area contributed by atoms with Gasteiger partial charge in [0.15, 0.2) is 5.03 Å². The number of carbonyl (C=O) groups is 1. The molecule has 2 aromatic carbocycles. The van der Waals surface area contributed by atoms with E-state index in [2.05, 4.69) is 11.1 Å². The van der Waals surface area contributed by atoms with E-state index in [0.717, 1.165) is 16.7 Å². The molecule has 0 aliphatic carbocycles. The highest BCUT2D eigenvalue weighted by molar-refractivity contribution is 7.89. The average molecular weight is 479 g/mol. The third-order valence-corrected chi connectivity index (χ3v) is 7.94. The van der Waals surface area contributed by atoms with E-state index in [9.17, 15) is 18.5 Å². The molecular weight excluding hydrogens is 452 g/mol. The van der Waals surface area contributed by atoms with Crippen LogP contribution in [0, 0.1) is 24.2 Å². The first-order chi connectivity index (χ1) is 16.3. The van der Waals surface area contributed by atoms with Crippen LogP contribution in [-0.2, 0) is 33.2 Å². The van der Waals surface area contributed by atoms with Crippen molar-refractivity contribution in [2.75, 3.05) is 13.1 Å². The summed E-state index contributed by atoms with van der Waals surface area (Å²) in [6.07, 6.45) is 2.33. The number of nitriles is 1. The third-order valence-electron chi connectivity index (χ3n) is 6.17. The highest BCUT2D eigenvalue weighted by atomic mass is 32.2. The molecule has 3 aromatic rings. The third kappa shape index (κ3) is 4.88. The summed E-state index contributed by atoms with van der Waals surface area (Å²) in [5.74, 6) is -0.0253. The fourth-order valence-electron chi connectivity index (χ4n) is 4.00. The van der Waals surface area contributed by atoms with Crippen LogP contribution < -0.4 is 0 Å². The number of sulfonamides is 1. The number of aromatic nitrogens is 2. The molecule has 0 saturated carbocycles. The van der Waals surface area contributed by atoms with E-state index in [4.69, 9.17) is 4.74 Å². The van der Waals surface area contributed by atoms with Crippen LogP contribution in [0.2, 0.25) is 0 Å². The maximum atomic E-state index is 12.8. The number of aryl methyl sites for hydroxylation is 2. The van der Waals surface area contributed by atoms with Gasteiger partial charge in [-0.2, -0.15) is 9.57 Å². The lowest BCUT2D eigenvalue weighted by Gasteiger charge is -2.29. The van der Waals surface area contributed by atoms with Gasteiger partial charge in [-0.15, -0.1) is 0 Å². The summed E-state index contributed by atoms with van der Waals surface area (Å²) >= 11 is 0. The first-order valence-electron chi connectivity index (χ1n) is 11.0. The first-order valence-corrected chi connectivity index (χ1v) is 12.5. The van der Waals surface area contributed by atoms with Crippen molar-refractivity contribution in [3.63, 3.8) is 0 Å². The molecule has 4 rings (SSSR count). The Bertz CT molecular complexity index is 1310. The van der Waals surface area contributed by atoms with Crippen molar-refractivity contribution >= 4 is 16.0 Å². The van der Waals surface area contributed by atoms with Crippen LogP contribution in [0.15, 0.2) is 59.8 Å². The number of rotatable bonds is 6. The van der Waals surface area contributed by atoms with E-state index in [1.807, 2.05) is 42.5 Å². The van der Waals surface area contributed by atoms with Crippen LogP contribution in [0.3, 0.4) is 0 Å². The molecule has 0 radical (unpaired) electrons. The van der Waals surface area contributed by atoms with Crippen LogP contribution in [0.4, 0.5) is 0 Å². The second-order valence-corrected chi connectivity index (χ2v) is 10.3. The fourth-order valence-corrected chi connectivity index (χ4v) is 5.49. The molecule has 0 unspecified atom stereocenters. The number of hydrogen-bond acceptors (Lipinski definition) is 6. The maximum absolute atomic E-state index is 12.8. The molecule has 0 amide bonds. The molecule has 8 nitrogen and oxygen atoms in total. The lowest BCUT2D eigenvalue weighted by Crippen LogP contribution is -2.40. The molecule has 9 heteroatoms. The highest BCUT2D eigenvalue weighted by Crippen LogP contribution is 2.26. The number of ether oxygens (including phenoxy) is 1. The molecule has 1 aliphatic heterocycles. The second kappa shape index (κ2) is 9.79. The van der Waals surface area contributed by atoms with E-state index in [1.165, 1.54) is 10.5 Å². The minimum absolute atomic E-state index is 0.0365. The van der Waals surface area contributed by atoms with Crippen molar-refractivity contribution in [3.05, 3.63) is 71.7 Å². The van der Waals surface area contributed by atoms with Crippen molar-refractivity contribution in [1.82, 2.24) is 13.9 Å². The number of esters is 1. The number of imidazole rings is 1. The Kier molecular flexibility index (Phi) is 6.82. The zero-order valence-corrected chi connectivity index (χ0v) is 20.0. The van der Waals surface area contributed by atoms with Crippen molar-refractivity contribution in [3.8, 4) is 17.2 Å². The topological polar surface area (TPSA) is 105 Å². The molecule has 1 aliphatic rings. The van der Waals surface area contributed by atoms with E-state index in [0.29, 0.717) is 24.2 Å². The van der Waals surface area contributed by atoms with Gasteiger partial charge >= 0.3 is 5.97 Å². The Labute approximate surface area is 199 Å². The number of nitrogens with zero attached hydrogens (tertiary/aromatic N) is 4. The zero-order chi connectivity index (χ0) is 24.3. The quantitative estimate of drug-likeness (QED) is 0.503. The van der Waals surface area contributed by atoms with Gasteiger partial charge in [0.25, 0.3) is 10.0 Å².